The van der Waals surface area contributed by atoms with Crippen molar-refractivity contribution >= 4 is 29.0 Å². The molecule has 4 rings (SSSR count). The fourth-order valence-electron chi connectivity index (χ4n) is 3.84. The van der Waals surface area contributed by atoms with E-state index in [4.69, 9.17) is 23.2 Å². The van der Waals surface area contributed by atoms with Crippen LogP contribution in [0.25, 0.3) is 5.69 Å². The van der Waals surface area contributed by atoms with E-state index in [1.807, 2.05) is 29.6 Å². The van der Waals surface area contributed by atoms with Crippen LogP contribution in [-0.4, -0.2) is 58.0 Å². The van der Waals surface area contributed by atoms with Crippen molar-refractivity contribution in [1.82, 2.24) is 24.6 Å². The van der Waals surface area contributed by atoms with Crippen LogP contribution in [0.4, 0.5) is 0 Å². The van der Waals surface area contributed by atoms with Gasteiger partial charge in [0.15, 0.2) is 17.4 Å². The Hall–Kier alpha value is -2.25. The van der Waals surface area contributed by atoms with Crippen LogP contribution in [0.1, 0.15) is 40.4 Å². The maximum atomic E-state index is 13.5. The van der Waals surface area contributed by atoms with Crippen LogP contribution in [0.2, 0.25) is 10.0 Å². The second-order valence-corrected chi connectivity index (χ2v) is 9.56. The number of hydrogen-bond donors (Lipinski definition) is 0. The first-order valence-corrected chi connectivity index (χ1v) is 11.4. The summed E-state index contributed by atoms with van der Waals surface area (Å²) < 4.78 is 1.99. The molecular formula is C24H27Cl2N5O. The summed E-state index contributed by atoms with van der Waals surface area (Å²) in [6.07, 6.45) is 2.58. The quantitative estimate of drug-likeness (QED) is 0.423. The summed E-state index contributed by atoms with van der Waals surface area (Å²) in [7, 11) is 6.06. The Bertz CT molecular complexity index is 1120. The van der Waals surface area contributed by atoms with Crippen molar-refractivity contribution in [3.05, 3.63) is 75.3 Å². The van der Waals surface area contributed by atoms with Gasteiger partial charge in [0.1, 0.15) is 0 Å². The van der Waals surface area contributed by atoms with E-state index in [2.05, 4.69) is 22.1 Å². The molecule has 0 spiro atoms. The molecule has 0 N–H and O–H groups in total. The zero-order valence-electron chi connectivity index (χ0n) is 18.6. The van der Waals surface area contributed by atoms with E-state index in [0.717, 1.165) is 24.1 Å². The summed E-state index contributed by atoms with van der Waals surface area (Å²) in [5, 5.41) is 9.86. The van der Waals surface area contributed by atoms with Gasteiger partial charge in [-0.05, 0) is 70.2 Å². The zero-order valence-corrected chi connectivity index (χ0v) is 20.1. The Kier molecular flexibility index (Phi) is 6.96. The minimum Gasteiger partial charge on any atom is -0.302 e. The summed E-state index contributed by atoms with van der Waals surface area (Å²) in [6, 6.07) is 12.4. The van der Waals surface area contributed by atoms with Crippen molar-refractivity contribution in [2.75, 3.05) is 27.7 Å². The molecule has 0 bridgehead atoms. The zero-order chi connectivity index (χ0) is 22.8. The molecule has 0 saturated heterocycles. The molecule has 1 aromatic heterocycles. The van der Waals surface area contributed by atoms with E-state index >= 15 is 0 Å². The van der Waals surface area contributed by atoms with Gasteiger partial charge in [-0.25, -0.2) is 0 Å². The van der Waals surface area contributed by atoms with Crippen molar-refractivity contribution in [2.45, 2.75) is 25.9 Å². The maximum absolute atomic E-state index is 13.5. The van der Waals surface area contributed by atoms with Crippen LogP contribution in [0.3, 0.4) is 0 Å². The Labute approximate surface area is 198 Å². The number of rotatable bonds is 9. The van der Waals surface area contributed by atoms with Gasteiger partial charge in [0.05, 0.1) is 23.8 Å². The topological polar surface area (TPSA) is 54.3 Å². The molecule has 6 nitrogen and oxygen atoms in total. The molecule has 0 unspecified atom stereocenters. The molecule has 0 atom stereocenters. The highest BCUT2D eigenvalue weighted by molar-refractivity contribution is 6.35. The van der Waals surface area contributed by atoms with E-state index in [1.165, 1.54) is 12.8 Å². The van der Waals surface area contributed by atoms with Gasteiger partial charge in [-0.3, -0.25) is 14.3 Å². The second kappa shape index (κ2) is 9.71. The highest BCUT2D eigenvalue weighted by Gasteiger charge is 2.26. The van der Waals surface area contributed by atoms with E-state index in [-0.39, 0.29) is 5.78 Å². The van der Waals surface area contributed by atoms with E-state index < -0.39 is 0 Å². The van der Waals surface area contributed by atoms with Gasteiger partial charge in [0, 0.05) is 22.7 Å². The lowest BCUT2D eigenvalue weighted by molar-refractivity contribution is 0.103. The highest BCUT2D eigenvalue weighted by Crippen LogP contribution is 2.31. The molecule has 1 saturated carbocycles. The average molecular weight is 472 g/mol. The Morgan fingerprint density at radius 2 is 1.69 bits per heavy atom. The predicted molar refractivity (Wildman–Crippen MR) is 128 cm³/mol. The molecule has 0 amide bonds. The van der Waals surface area contributed by atoms with Crippen molar-refractivity contribution in [2.24, 2.45) is 5.92 Å². The lowest BCUT2D eigenvalue weighted by Gasteiger charge is -2.20. The Morgan fingerprint density at radius 3 is 2.34 bits per heavy atom. The van der Waals surface area contributed by atoms with Crippen LogP contribution >= 0.6 is 23.2 Å². The molecule has 0 radical (unpaired) electrons. The van der Waals surface area contributed by atoms with Crippen molar-refractivity contribution in [3.8, 4) is 5.69 Å². The molecule has 168 valence electrons. The predicted octanol–water partition coefficient (Wildman–Crippen LogP) is 4.71. The molecule has 1 heterocycles. The number of aromatic nitrogens is 3. The summed E-state index contributed by atoms with van der Waals surface area (Å²) in [5.41, 5.74) is 1.61. The van der Waals surface area contributed by atoms with E-state index in [0.29, 0.717) is 39.9 Å². The third kappa shape index (κ3) is 5.21. The van der Waals surface area contributed by atoms with Crippen LogP contribution in [0, 0.1) is 5.92 Å². The van der Waals surface area contributed by atoms with Crippen molar-refractivity contribution in [3.63, 3.8) is 0 Å². The van der Waals surface area contributed by atoms with Gasteiger partial charge in [-0.1, -0.05) is 35.3 Å². The third-order valence-electron chi connectivity index (χ3n) is 5.50. The number of nitrogens with zero attached hydrogens (tertiary/aromatic N) is 5. The normalized spacial score (nSPS) is 13.8. The average Bonchev–Trinajstić information content (AvgIpc) is 3.48. The summed E-state index contributed by atoms with van der Waals surface area (Å²) in [5.74, 6) is 2.14. The lowest BCUT2D eigenvalue weighted by atomic mass is 10.0. The number of halogens is 2. The number of benzene rings is 2. The molecule has 1 aliphatic carbocycles. The third-order valence-corrected chi connectivity index (χ3v) is 6.06. The fourth-order valence-corrected chi connectivity index (χ4v) is 4.24. The fraction of sp³-hybridized carbons (Fsp3) is 0.375. The summed E-state index contributed by atoms with van der Waals surface area (Å²) >= 11 is 12.7. The summed E-state index contributed by atoms with van der Waals surface area (Å²) in [6.45, 7) is 2.25. The molecule has 3 aromatic rings. The van der Waals surface area contributed by atoms with Crippen molar-refractivity contribution in [1.29, 1.82) is 0 Å². The number of carbonyl (C=O) groups is 1. The van der Waals surface area contributed by atoms with Crippen LogP contribution in [0.5, 0.6) is 0 Å². The van der Waals surface area contributed by atoms with Gasteiger partial charge >= 0.3 is 0 Å². The SMILES string of the molecule is CN(C)Cc1nnc(CN(C)CC2CC2)n1-c1ccc(Cl)cc1C(=O)c1ccccc1Cl. The molecule has 8 heteroatoms. The standard InChI is InChI=1S/C24H27Cl2N5O/c1-29(2)14-22-27-28-23(15-30(3)13-16-8-9-16)31(22)21-11-10-17(25)12-19(21)24(32)18-6-4-5-7-20(18)26/h4-7,10-12,16H,8-9,13-15H2,1-3H3. The minimum atomic E-state index is -0.185. The molecule has 1 aliphatic rings. The minimum absolute atomic E-state index is 0.185. The largest absolute Gasteiger partial charge is 0.302 e. The van der Waals surface area contributed by atoms with Gasteiger partial charge < -0.3 is 4.90 Å². The Balaban J connectivity index is 1.80. The number of hydrogen-bond acceptors (Lipinski definition) is 5. The first-order valence-electron chi connectivity index (χ1n) is 10.7. The van der Waals surface area contributed by atoms with E-state index in [1.54, 1.807) is 36.4 Å². The smallest absolute Gasteiger partial charge is 0.196 e. The molecular weight excluding hydrogens is 445 g/mol. The van der Waals surface area contributed by atoms with Gasteiger partial charge in [0.25, 0.3) is 0 Å². The van der Waals surface area contributed by atoms with Crippen LogP contribution < -0.4 is 0 Å². The molecule has 0 aliphatic heterocycles. The molecule has 1 fully saturated rings. The van der Waals surface area contributed by atoms with Gasteiger partial charge in [-0.2, -0.15) is 0 Å². The monoisotopic (exact) mass is 471 g/mol. The molecule has 32 heavy (non-hydrogen) atoms. The number of ketones is 1. The van der Waals surface area contributed by atoms with Gasteiger partial charge in [0.2, 0.25) is 0 Å². The van der Waals surface area contributed by atoms with E-state index in [9.17, 15) is 4.79 Å². The van der Waals surface area contributed by atoms with Crippen LogP contribution in [0.15, 0.2) is 42.5 Å². The first-order chi connectivity index (χ1) is 15.3. The second-order valence-electron chi connectivity index (χ2n) is 8.72. The Morgan fingerprint density at radius 1 is 1.00 bits per heavy atom. The molecule has 2 aromatic carbocycles. The number of carbonyl (C=O) groups excluding carboxylic acids is 1. The van der Waals surface area contributed by atoms with Crippen LogP contribution in [-0.2, 0) is 13.1 Å². The maximum Gasteiger partial charge on any atom is 0.196 e. The summed E-state index contributed by atoms with van der Waals surface area (Å²) in [4.78, 5) is 17.8. The first kappa shape index (κ1) is 22.9. The lowest BCUT2D eigenvalue weighted by Crippen LogP contribution is -2.24. The van der Waals surface area contributed by atoms with Crippen molar-refractivity contribution < 1.29 is 4.79 Å². The highest BCUT2D eigenvalue weighted by atomic mass is 35.5. The van der Waals surface area contributed by atoms with Gasteiger partial charge in [-0.15, -0.1) is 10.2 Å².